The topological polar surface area (TPSA) is 88.6 Å². The first kappa shape index (κ1) is 25.7. The lowest BCUT2D eigenvalue weighted by Gasteiger charge is -2.21. The number of fused-ring (bicyclic) bond motifs is 1. The van der Waals surface area contributed by atoms with Crippen LogP contribution in [0.1, 0.15) is 31.2 Å². The van der Waals surface area contributed by atoms with E-state index in [4.69, 9.17) is 35.9 Å². The van der Waals surface area contributed by atoms with Crippen molar-refractivity contribution in [2.75, 3.05) is 26.2 Å². The standard InChI is InChI=1S/C27H26ClFN6O3S/c1-16-22(19-14-17(37-13-10-28)9-11-34(19)32-16)27-31-24(23-18(29)6-5-7-20(23)36-2)25(39-27)26-30-15-35(33-26)21-8-3-4-12-38-21/h5-7,9,11,14-15,21H,3-4,8,10,12-13H2,1-2H3. The van der Waals surface area contributed by atoms with Crippen LogP contribution in [0.25, 0.3) is 38.0 Å². The molecule has 1 unspecified atom stereocenters. The molecule has 0 aliphatic carbocycles. The third-order valence-corrected chi connectivity index (χ3v) is 7.79. The molecule has 0 amide bonds. The Hall–Kier alpha value is -3.54. The maximum absolute atomic E-state index is 15.3. The van der Waals surface area contributed by atoms with Crippen LogP contribution in [-0.2, 0) is 4.74 Å². The fourth-order valence-corrected chi connectivity index (χ4v) is 5.95. The van der Waals surface area contributed by atoms with Crippen LogP contribution in [0.15, 0.2) is 42.9 Å². The van der Waals surface area contributed by atoms with Gasteiger partial charge in [-0.15, -0.1) is 28.0 Å². The number of thiazole rings is 1. The monoisotopic (exact) mass is 568 g/mol. The second-order valence-corrected chi connectivity index (χ2v) is 10.5. The van der Waals surface area contributed by atoms with Gasteiger partial charge in [0, 0.05) is 18.9 Å². The molecule has 9 nitrogen and oxygen atoms in total. The van der Waals surface area contributed by atoms with E-state index in [0.29, 0.717) is 52.0 Å². The Morgan fingerprint density at radius 1 is 1.21 bits per heavy atom. The molecule has 0 saturated carbocycles. The van der Waals surface area contributed by atoms with Crippen LogP contribution >= 0.6 is 22.9 Å². The highest BCUT2D eigenvalue weighted by Crippen LogP contribution is 2.45. The number of hydrogen-bond acceptors (Lipinski definition) is 8. The predicted molar refractivity (Wildman–Crippen MR) is 147 cm³/mol. The number of hydrogen-bond donors (Lipinski definition) is 0. The molecule has 1 aliphatic heterocycles. The van der Waals surface area contributed by atoms with E-state index in [0.717, 1.165) is 36.0 Å². The number of aromatic nitrogens is 6. The van der Waals surface area contributed by atoms with Crippen molar-refractivity contribution in [1.82, 2.24) is 29.4 Å². The van der Waals surface area contributed by atoms with E-state index in [9.17, 15) is 0 Å². The predicted octanol–water partition coefficient (Wildman–Crippen LogP) is 6.16. The van der Waals surface area contributed by atoms with Crippen LogP contribution < -0.4 is 9.47 Å². The molecule has 39 heavy (non-hydrogen) atoms. The summed E-state index contributed by atoms with van der Waals surface area (Å²) in [5, 5.41) is 10.1. The van der Waals surface area contributed by atoms with Gasteiger partial charge in [-0.3, -0.25) is 0 Å². The third kappa shape index (κ3) is 4.86. The van der Waals surface area contributed by atoms with E-state index in [-0.39, 0.29) is 11.8 Å². The van der Waals surface area contributed by atoms with Crippen LogP contribution in [0, 0.1) is 12.7 Å². The molecule has 0 radical (unpaired) electrons. The molecule has 12 heteroatoms. The van der Waals surface area contributed by atoms with Gasteiger partial charge in [0.05, 0.1) is 41.0 Å². The highest BCUT2D eigenvalue weighted by Gasteiger charge is 2.27. The minimum Gasteiger partial charge on any atom is -0.496 e. The summed E-state index contributed by atoms with van der Waals surface area (Å²) in [6.45, 7) is 2.99. The Bertz CT molecular complexity index is 1630. The zero-order valence-corrected chi connectivity index (χ0v) is 23.0. The maximum Gasteiger partial charge on any atom is 0.193 e. The number of halogens is 2. The Morgan fingerprint density at radius 3 is 2.90 bits per heavy atom. The van der Waals surface area contributed by atoms with Gasteiger partial charge in [-0.25, -0.2) is 23.6 Å². The number of benzene rings is 1. The fourth-order valence-electron chi connectivity index (χ4n) is 4.76. The summed E-state index contributed by atoms with van der Waals surface area (Å²) in [6, 6.07) is 8.45. The number of alkyl halides is 1. The van der Waals surface area contributed by atoms with Crippen molar-refractivity contribution in [3.8, 4) is 44.0 Å². The molecule has 0 spiro atoms. The Labute approximate surface area is 233 Å². The van der Waals surface area contributed by atoms with Gasteiger partial charge >= 0.3 is 0 Å². The molecule has 1 saturated heterocycles. The molecule has 5 aromatic rings. The van der Waals surface area contributed by atoms with Crippen molar-refractivity contribution in [1.29, 1.82) is 0 Å². The quantitative estimate of drug-likeness (QED) is 0.207. The summed E-state index contributed by atoms with van der Waals surface area (Å²) in [5.41, 5.74) is 3.05. The Kier molecular flexibility index (Phi) is 7.20. The molecule has 6 rings (SSSR count). The van der Waals surface area contributed by atoms with Gasteiger partial charge in [-0.1, -0.05) is 6.07 Å². The van der Waals surface area contributed by atoms with Crippen molar-refractivity contribution in [3.63, 3.8) is 0 Å². The number of methoxy groups -OCH3 is 1. The third-order valence-electron chi connectivity index (χ3n) is 6.56. The fraction of sp³-hybridized carbons (Fsp3) is 0.333. The summed E-state index contributed by atoms with van der Waals surface area (Å²) in [4.78, 5) is 10.2. The average Bonchev–Trinajstić information content (AvgIpc) is 3.68. The SMILES string of the molecule is COc1cccc(F)c1-c1nc(-c2c(C)nn3ccc(OCCCl)cc23)sc1-c1ncn(C2CCCCO2)n1. The molecule has 0 N–H and O–H groups in total. The minimum absolute atomic E-state index is 0.174. The molecule has 1 aliphatic rings. The smallest absolute Gasteiger partial charge is 0.193 e. The molecule has 4 aromatic heterocycles. The number of rotatable bonds is 8. The van der Waals surface area contributed by atoms with Crippen LogP contribution in [-0.4, -0.2) is 55.6 Å². The Morgan fingerprint density at radius 2 is 2.10 bits per heavy atom. The molecular formula is C27H26ClFN6O3S. The number of aryl methyl sites for hydroxylation is 1. The van der Waals surface area contributed by atoms with Gasteiger partial charge in [-0.05, 0) is 44.4 Å². The lowest BCUT2D eigenvalue weighted by atomic mass is 10.1. The second kappa shape index (κ2) is 10.9. The lowest BCUT2D eigenvalue weighted by molar-refractivity contribution is -0.0395. The van der Waals surface area contributed by atoms with Gasteiger partial charge in [0.2, 0.25) is 0 Å². The molecule has 1 aromatic carbocycles. The van der Waals surface area contributed by atoms with Gasteiger partial charge in [0.1, 0.15) is 40.1 Å². The summed E-state index contributed by atoms with van der Waals surface area (Å²) >= 11 is 7.19. The van der Waals surface area contributed by atoms with Crippen molar-refractivity contribution in [3.05, 3.63) is 54.4 Å². The van der Waals surface area contributed by atoms with Crippen LogP contribution in [0.5, 0.6) is 11.5 Å². The first-order valence-corrected chi connectivity index (χ1v) is 14.0. The van der Waals surface area contributed by atoms with Gasteiger partial charge < -0.3 is 14.2 Å². The molecule has 1 atom stereocenters. The minimum atomic E-state index is -0.448. The van der Waals surface area contributed by atoms with Crippen LogP contribution in [0.4, 0.5) is 4.39 Å². The van der Waals surface area contributed by atoms with E-state index in [1.54, 1.807) is 27.7 Å². The first-order chi connectivity index (χ1) is 19.1. The van der Waals surface area contributed by atoms with Crippen LogP contribution in [0.3, 0.4) is 0 Å². The zero-order chi connectivity index (χ0) is 26.9. The average molecular weight is 569 g/mol. The summed E-state index contributed by atoms with van der Waals surface area (Å²) in [5.74, 6) is 1.41. The van der Waals surface area contributed by atoms with Crippen molar-refractivity contribution in [2.45, 2.75) is 32.4 Å². The van der Waals surface area contributed by atoms with E-state index in [2.05, 4.69) is 10.1 Å². The van der Waals surface area contributed by atoms with E-state index in [1.165, 1.54) is 24.5 Å². The number of ether oxygens (including phenoxy) is 3. The van der Waals surface area contributed by atoms with Crippen molar-refractivity contribution < 1.29 is 18.6 Å². The Balaban J connectivity index is 1.52. The largest absolute Gasteiger partial charge is 0.496 e. The van der Waals surface area contributed by atoms with Gasteiger partial charge in [-0.2, -0.15) is 5.10 Å². The summed E-state index contributed by atoms with van der Waals surface area (Å²) in [7, 11) is 1.51. The molecule has 5 heterocycles. The highest BCUT2D eigenvalue weighted by atomic mass is 35.5. The number of nitrogens with zero attached hydrogens (tertiary/aromatic N) is 6. The first-order valence-electron chi connectivity index (χ1n) is 12.6. The highest BCUT2D eigenvalue weighted by molar-refractivity contribution is 7.19. The van der Waals surface area contributed by atoms with Crippen LogP contribution in [0.2, 0.25) is 0 Å². The normalized spacial score (nSPS) is 15.6. The van der Waals surface area contributed by atoms with Gasteiger partial charge in [0.25, 0.3) is 0 Å². The summed E-state index contributed by atoms with van der Waals surface area (Å²) < 4.78 is 36.0. The maximum atomic E-state index is 15.3. The van der Waals surface area contributed by atoms with Gasteiger partial charge in [0.15, 0.2) is 12.1 Å². The number of pyridine rings is 1. The molecule has 202 valence electrons. The zero-order valence-electron chi connectivity index (χ0n) is 21.4. The molecular weight excluding hydrogens is 543 g/mol. The molecule has 1 fully saturated rings. The van der Waals surface area contributed by atoms with E-state index < -0.39 is 5.82 Å². The lowest BCUT2D eigenvalue weighted by Crippen LogP contribution is -2.18. The van der Waals surface area contributed by atoms with Crippen molar-refractivity contribution >= 4 is 28.5 Å². The van der Waals surface area contributed by atoms with Crippen molar-refractivity contribution in [2.24, 2.45) is 0 Å². The molecule has 0 bridgehead atoms. The second-order valence-electron chi connectivity index (χ2n) is 9.07. The van der Waals surface area contributed by atoms with E-state index >= 15 is 4.39 Å². The summed E-state index contributed by atoms with van der Waals surface area (Å²) in [6.07, 6.45) is 6.28. The van der Waals surface area contributed by atoms with E-state index in [1.807, 2.05) is 25.3 Å².